The van der Waals surface area contributed by atoms with Crippen molar-refractivity contribution in [2.45, 2.75) is 38.5 Å². The highest BCUT2D eigenvalue weighted by molar-refractivity contribution is 6.05. The van der Waals surface area contributed by atoms with Gasteiger partial charge in [-0.2, -0.15) is 26.3 Å². The average Bonchev–Trinajstić information content (AvgIpc) is 2.67. The van der Waals surface area contributed by atoms with Crippen LogP contribution in [0.25, 0.3) is 0 Å². The molecular formula is C21H18F6N2O2. The Morgan fingerprint density at radius 3 is 2.06 bits per heavy atom. The topological polar surface area (TPSA) is 49.4 Å². The smallest absolute Gasteiger partial charge is 0.322 e. The van der Waals surface area contributed by atoms with E-state index in [0.717, 1.165) is 12.8 Å². The van der Waals surface area contributed by atoms with Crippen LogP contribution in [0.15, 0.2) is 36.4 Å². The molecule has 10 heteroatoms. The third-order valence-electron chi connectivity index (χ3n) is 4.92. The second-order valence-electron chi connectivity index (χ2n) is 7.25. The Labute approximate surface area is 173 Å². The molecule has 0 spiro atoms. The summed E-state index contributed by atoms with van der Waals surface area (Å²) in [4.78, 5) is 26.1. The zero-order chi connectivity index (χ0) is 23.0. The first-order chi connectivity index (χ1) is 14.4. The van der Waals surface area contributed by atoms with Crippen LogP contribution in [0.3, 0.4) is 0 Å². The molecule has 3 rings (SSSR count). The monoisotopic (exact) mass is 444 g/mol. The van der Waals surface area contributed by atoms with E-state index in [1.165, 1.54) is 12.1 Å². The number of nitrogens with zero attached hydrogens (tertiary/aromatic N) is 1. The molecule has 2 aromatic carbocycles. The molecule has 0 aromatic heterocycles. The van der Waals surface area contributed by atoms with Crippen molar-refractivity contribution in [3.05, 3.63) is 58.7 Å². The first kappa shape index (κ1) is 22.6. The fourth-order valence-corrected chi connectivity index (χ4v) is 3.39. The predicted octanol–water partition coefficient (Wildman–Crippen LogP) is 5.80. The largest absolute Gasteiger partial charge is 0.416 e. The molecule has 31 heavy (non-hydrogen) atoms. The van der Waals surface area contributed by atoms with Crippen LogP contribution in [0.5, 0.6) is 0 Å². The third-order valence-corrected chi connectivity index (χ3v) is 4.92. The Kier molecular flexibility index (Phi) is 6.02. The van der Waals surface area contributed by atoms with Gasteiger partial charge in [-0.15, -0.1) is 0 Å². The summed E-state index contributed by atoms with van der Waals surface area (Å²) in [7, 11) is 0. The molecule has 1 aliphatic rings. The van der Waals surface area contributed by atoms with E-state index in [9.17, 15) is 35.9 Å². The van der Waals surface area contributed by atoms with Gasteiger partial charge in [-0.05, 0) is 61.7 Å². The Morgan fingerprint density at radius 2 is 1.55 bits per heavy atom. The number of aryl methyl sites for hydroxylation is 1. The Bertz CT molecular complexity index is 982. The van der Waals surface area contributed by atoms with Crippen LogP contribution in [0.2, 0.25) is 0 Å². The molecule has 0 aliphatic carbocycles. The fourth-order valence-electron chi connectivity index (χ4n) is 3.39. The molecule has 0 atom stereocenters. The Morgan fingerprint density at radius 1 is 0.935 bits per heavy atom. The molecule has 166 valence electrons. The van der Waals surface area contributed by atoms with Gasteiger partial charge in [-0.25, -0.2) is 0 Å². The van der Waals surface area contributed by atoms with Crippen molar-refractivity contribution in [2.24, 2.45) is 0 Å². The van der Waals surface area contributed by atoms with E-state index in [1.54, 1.807) is 17.9 Å². The number of carbonyl (C=O) groups is 2. The van der Waals surface area contributed by atoms with Crippen LogP contribution in [0.1, 0.15) is 46.3 Å². The number of anilines is 2. The lowest BCUT2D eigenvalue weighted by molar-refractivity contribution is -0.143. The first-order valence-corrected chi connectivity index (χ1v) is 9.38. The number of rotatable bonds is 3. The van der Waals surface area contributed by atoms with Crippen molar-refractivity contribution < 1.29 is 35.9 Å². The third kappa shape index (κ3) is 5.18. The number of halogens is 6. The molecule has 1 saturated heterocycles. The minimum Gasteiger partial charge on any atom is -0.322 e. The van der Waals surface area contributed by atoms with E-state index in [4.69, 9.17) is 0 Å². The minimum atomic E-state index is -5.05. The molecule has 4 nitrogen and oxygen atoms in total. The van der Waals surface area contributed by atoms with Crippen molar-refractivity contribution in [2.75, 3.05) is 16.8 Å². The van der Waals surface area contributed by atoms with Gasteiger partial charge in [-0.3, -0.25) is 9.59 Å². The maximum atomic E-state index is 13.0. The highest BCUT2D eigenvalue weighted by Gasteiger charge is 2.37. The maximum Gasteiger partial charge on any atom is 0.416 e. The quantitative estimate of drug-likeness (QED) is 0.609. The number of alkyl halides is 6. The van der Waals surface area contributed by atoms with Gasteiger partial charge in [0.15, 0.2) is 0 Å². The van der Waals surface area contributed by atoms with Crippen molar-refractivity contribution in [3.8, 4) is 0 Å². The lowest BCUT2D eigenvalue weighted by Crippen LogP contribution is -2.35. The number of benzene rings is 2. The Hall–Kier alpha value is -3.04. The van der Waals surface area contributed by atoms with Gasteiger partial charge < -0.3 is 10.2 Å². The summed E-state index contributed by atoms with van der Waals surface area (Å²) in [6.07, 6.45) is -8.01. The zero-order valence-corrected chi connectivity index (χ0v) is 16.3. The lowest BCUT2D eigenvalue weighted by atomic mass is 10.0. The number of carbonyl (C=O) groups excluding carboxylic acids is 2. The molecule has 0 radical (unpaired) electrons. The summed E-state index contributed by atoms with van der Waals surface area (Å²) in [5.41, 5.74) is -2.45. The summed E-state index contributed by atoms with van der Waals surface area (Å²) in [6.45, 7) is 2.24. The van der Waals surface area contributed by atoms with Gasteiger partial charge in [0.25, 0.3) is 5.91 Å². The predicted molar refractivity (Wildman–Crippen MR) is 102 cm³/mol. The van der Waals surface area contributed by atoms with Crippen LogP contribution in [-0.2, 0) is 17.1 Å². The van der Waals surface area contributed by atoms with Crippen molar-refractivity contribution in [1.29, 1.82) is 0 Å². The molecule has 0 unspecified atom stereocenters. The van der Waals surface area contributed by atoms with Gasteiger partial charge in [0.05, 0.1) is 11.1 Å². The molecule has 1 heterocycles. The number of piperidine rings is 1. The number of hydrogen-bond donors (Lipinski definition) is 1. The molecule has 1 aliphatic heterocycles. The van der Waals surface area contributed by atoms with E-state index >= 15 is 0 Å². The number of amides is 2. The summed E-state index contributed by atoms with van der Waals surface area (Å²) in [6, 6.07) is 5.25. The van der Waals surface area contributed by atoms with Gasteiger partial charge in [0, 0.05) is 29.9 Å². The van der Waals surface area contributed by atoms with E-state index in [0.29, 0.717) is 36.3 Å². The van der Waals surface area contributed by atoms with E-state index in [2.05, 4.69) is 5.32 Å². The standard InChI is InChI=1S/C21H18F6N2O2/c1-12-8-16(5-6-17(12)29-7-3-2-4-18(29)30)28-19(31)13-9-14(20(22,23)24)11-15(10-13)21(25,26)27/h5-6,8-11H,2-4,7H2,1H3,(H,28,31). The second-order valence-corrected chi connectivity index (χ2v) is 7.25. The van der Waals surface area contributed by atoms with Crippen LogP contribution in [0, 0.1) is 6.92 Å². The molecule has 1 N–H and O–H groups in total. The van der Waals surface area contributed by atoms with E-state index in [-0.39, 0.29) is 17.7 Å². The zero-order valence-electron chi connectivity index (χ0n) is 16.3. The summed E-state index contributed by atoms with van der Waals surface area (Å²) in [5.74, 6) is -1.15. The van der Waals surface area contributed by atoms with Gasteiger partial charge in [0.2, 0.25) is 5.91 Å². The second kappa shape index (κ2) is 8.24. The normalized spacial score (nSPS) is 15.2. The number of hydrogen-bond acceptors (Lipinski definition) is 2. The molecule has 1 fully saturated rings. The Balaban J connectivity index is 1.87. The van der Waals surface area contributed by atoms with Crippen molar-refractivity contribution in [3.63, 3.8) is 0 Å². The minimum absolute atomic E-state index is 0.0326. The van der Waals surface area contributed by atoms with Gasteiger partial charge >= 0.3 is 12.4 Å². The van der Waals surface area contributed by atoms with Crippen LogP contribution >= 0.6 is 0 Å². The van der Waals surface area contributed by atoms with Crippen LogP contribution < -0.4 is 10.2 Å². The molecular weight excluding hydrogens is 426 g/mol. The van der Waals surface area contributed by atoms with Crippen molar-refractivity contribution >= 4 is 23.2 Å². The summed E-state index contributed by atoms with van der Waals surface area (Å²) in [5, 5.41) is 2.32. The van der Waals surface area contributed by atoms with Crippen LogP contribution in [-0.4, -0.2) is 18.4 Å². The van der Waals surface area contributed by atoms with E-state index < -0.39 is 35.0 Å². The lowest BCUT2D eigenvalue weighted by Gasteiger charge is -2.28. The summed E-state index contributed by atoms with van der Waals surface area (Å²) >= 11 is 0. The number of nitrogens with one attached hydrogen (secondary N) is 1. The van der Waals surface area contributed by atoms with Crippen molar-refractivity contribution in [1.82, 2.24) is 0 Å². The molecule has 2 aromatic rings. The maximum absolute atomic E-state index is 13.0. The first-order valence-electron chi connectivity index (χ1n) is 9.38. The van der Waals surface area contributed by atoms with E-state index in [1.807, 2.05) is 0 Å². The van der Waals surface area contributed by atoms with Gasteiger partial charge in [0.1, 0.15) is 0 Å². The van der Waals surface area contributed by atoms with Gasteiger partial charge in [-0.1, -0.05) is 0 Å². The SMILES string of the molecule is Cc1cc(NC(=O)c2cc(C(F)(F)F)cc(C(F)(F)F)c2)ccc1N1CCCCC1=O. The summed E-state index contributed by atoms with van der Waals surface area (Å²) < 4.78 is 78.0. The fraction of sp³-hybridized carbons (Fsp3) is 0.333. The van der Waals surface area contributed by atoms with Crippen LogP contribution in [0.4, 0.5) is 37.7 Å². The highest BCUT2D eigenvalue weighted by Crippen LogP contribution is 2.36. The molecule has 0 saturated carbocycles. The highest BCUT2D eigenvalue weighted by atomic mass is 19.4. The average molecular weight is 444 g/mol. The molecule has 2 amide bonds. The molecule has 0 bridgehead atoms.